The number of unbranched alkanes of at least 4 members (excludes halogenated alkanes) is 1. The topological polar surface area (TPSA) is 410 Å². The fourth-order valence-corrected chi connectivity index (χ4v) is 7.46. The number of aliphatic hydroxyl groups is 3. The van der Waals surface area contributed by atoms with Crippen molar-refractivity contribution in [3.05, 3.63) is 35.9 Å². The number of imide groups is 1. The fourth-order valence-electron chi connectivity index (χ4n) is 7.46. The molecule has 19 N–H and O–H groups in total. The van der Waals surface area contributed by atoms with Crippen molar-refractivity contribution in [1.82, 2.24) is 36.8 Å². The second-order valence-electron chi connectivity index (χ2n) is 15.2. The molecule has 0 aliphatic carbocycles. The van der Waals surface area contributed by atoms with E-state index in [9.17, 15) is 39.3 Å². The Morgan fingerprint density at radius 3 is 2.33 bits per heavy atom. The molecule has 0 spiro atoms. The number of rotatable bonds is 18. The molecule has 4 fully saturated rings. The molecule has 0 aromatic heterocycles. The van der Waals surface area contributed by atoms with E-state index in [2.05, 4.69) is 36.9 Å². The Hall–Kier alpha value is -5.58. The molecule has 26 nitrogen and oxygen atoms in total. The summed E-state index contributed by atoms with van der Waals surface area (Å²) in [4.78, 5) is 67.0. The zero-order valence-corrected chi connectivity index (χ0v) is 34.5. The number of amides is 9. The van der Waals surface area contributed by atoms with Gasteiger partial charge in [0, 0.05) is 12.6 Å². The highest BCUT2D eigenvalue weighted by molar-refractivity contribution is 5.95. The lowest BCUT2D eigenvalue weighted by molar-refractivity contribution is -0.268. The summed E-state index contributed by atoms with van der Waals surface area (Å²) in [5.41, 5.74) is 28.3. The molecule has 9 amide bonds. The van der Waals surface area contributed by atoms with Gasteiger partial charge in [0.1, 0.15) is 42.2 Å². The number of carbonyl (C=O) groups excluding carboxylic acids is 5. The van der Waals surface area contributed by atoms with Crippen molar-refractivity contribution in [2.45, 2.75) is 106 Å². The van der Waals surface area contributed by atoms with Crippen LogP contribution in [-0.2, 0) is 23.7 Å². The normalized spacial score (nSPS) is 31.6. The molecule has 0 saturated carbocycles. The third kappa shape index (κ3) is 13.0. The van der Waals surface area contributed by atoms with Crippen molar-refractivity contribution < 1.29 is 63.0 Å². The van der Waals surface area contributed by atoms with Crippen LogP contribution in [0.3, 0.4) is 0 Å². The van der Waals surface area contributed by atoms with Crippen LogP contribution >= 0.6 is 0 Å². The van der Waals surface area contributed by atoms with E-state index < -0.39 is 116 Å². The number of fused-ring (bicyclic) bond motifs is 1. The quantitative estimate of drug-likeness (QED) is 0.0284. The Bertz CT molecular complexity index is 1790. The van der Waals surface area contributed by atoms with E-state index >= 15 is 0 Å². The van der Waals surface area contributed by atoms with Gasteiger partial charge < -0.3 is 99.6 Å². The van der Waals surface area contributed by atoms with Gasteiger partial charge in [0.15, 0.2) is 18.5 Å². The molecule has 5 rings (SSSR count). The zero-order valence-electron chi connectivity index (χ0n) is 34.5. The van der Waals surface area contributed by atoms with Gasteiger partial charge in [-0.05, 0) is 69.6 Å². The SMILES string of the molecule is C[C@H]1O[C@H](Oc2ccc(/C=C/C(=O)NCCCNCCCCN)cc2)[C@H](N=C(N)N)[C@@H](O)[C@@H]1NC(=O)N[C@H]1OC[C@@H](O[C@@H]2OC[C@@H](O)[C@@H]3NC(=O)N(C(N)=O)[C@@H]23)[C@H](O)[C@H]1NC(N)=O. The summed E-state index contributed by atoms with van der Waals surface area (Å²) in [6.45, 7) is 3.66. The molecule has 4 aliphatic heterocycles. The first-order valence-corrected chi connectivity index (χ1v) is 20.4. The van der Waals surface area contributed by atoms with E-state index in [4.69, 9.17) is 52.4 Å². The number of nitrogens with zero attached hydrogens (tertiary/aromatic N) is 2. The van der Waals surface area contributed by atoms with Crippen molar-refractivity contribution in [2.24, 2.45) is 33.7 Å². The number of carbonyl (C=O) groups is 5. The first-order chi connectivity index (χ1) is 30.1. The van der Waals surface area contributed by atoms with Gasteiger partial charge in [0.05, 0.1) is 37.5 Å². The number of hydrogen-bond donors (Lipinski definition) is 14. The maximum absolute atomic E-state index is 13.4. The Kier molecular flexibility index (Phi) is 17.4. The number of hydrogen-bond acceptors (Lipinski definition) is 16. The van der Waals surface area contributed by atoms with Gasteiger partial charge in [-0.1, -0.05) is 12.1 Å². The van der Waals surface area contributed by atoms with E-state index in [0.717, 1.165) is 32.4 Å². The molecule has 1 aromatic carbocycles. The smallest absolute Gasteiger partial charge is 0.326 e. The van der Waals surface area contributed by atoms with E-state index in [1.54, 1.807) is 37.3 Å². The molecule has 0 bridgehead atoms. The monoisotopic (exact) mass is 893 g/mol. The van der Waals surface area contributed by atoms with E-state index in [-0.39, 0.29) is 12.5 Å². The lowest BCUT2D eigenvalue weighted by Crippen LogP contribution is -2.69. The number of aliphatic hydroxyl groups excluding tert-OH is 3. The average molecular weight is 894 g/mol. The predicted molar refractivity (Wildman–Crippen MR) is 221 cm³/mol. The first-order valence-electron chi connectivity index (χ1n) is 20.4. The Labute approximate surface area is 361 Å². The summed E-state index contributed by atoms with van der Waals surface area (Å²) in [6, 6.07) is -3.56. The molecule has 4 heterocycles. The molecule has 4 aliphatic rings. The Balaban J connectivity index is 1.15. The number of aliphatic imine (C=N–C) groups is 1. The number of benzene rings is 1. The summed E-state index contributed by atoms with van der Waals surface area (Å²) in [6.07, 6.45) is -4.85. The summed E-state index contributed by atoms with van der Waals surface area (Å²) < 4.78 is 29.3. The van der Waals surface area contributed by atoms with E-state index in [1.165, 1.54) is 6.08 Å². The van der Waals surface area contributed by atoms with Gasteiger partial charge in [0.2, 0.25) is 12.2 Å². The minimum absolute atomic E-state index is 0.243. The highest BCUT2D eigenvalue weighted by Gasteiger charge is 2.55. The highest BCUT2D eigenvalue weighted by atomic mass is 16.7. The summed E-state index contributed by atoms with van der Waals surface area (Å²) in [5, 5.41) is 49.1. The van der Waals surface area contributed by atoms with Crippen LogP contribution in [0.1, 0.15) is 31.7 Å². The lowest BCUT2D eigenvalue weighted by atomic mass is 9.95. The first kappa shape index (κ1) is 48.5. The van der Waals surface area contributed by atoms with Gasteiger partial charge in [-0.25, -0.2) is 29.1 Å². The van der Waals surface area contributed by atoms with Gasteiger partial charge in [-0.3, -0.25) is 4.79 Å². The highest BCUT2D eigenvalue weighted by Crippen LogP contribution is 2.30. The van der Waals surface area contributed by atoms with Crippen molar-refractivity contribution in [3.8, 4) is 5.75 Å². The fraction of sp³-hybridized carbons (Fsp3) is 0.622. The van der Waals surface area contributed by atoms with Crippen LogP contribution in [0.5, 0.6) is 5.75 Å². The molecular formula is C37H59N13O13. The van der Waals surface area contributed by atoms with E-state index in [0.29, 0.717) is 29.3 Å². The Morgan fingerprint density at radius 2 is 1.65 bits per heavy atom. The summed E-state index contributed by atoms with van der Waals surface area (Å²) in [5.74, 6) is -0.335. The molecule has 0 radical (unpaired) electrons. The Morgan fingerprint density at radius 1 is 0.921 bits per heavy atom. The van der Waals surface area contributed by atoms with Crippen LogP contribution in [-0.4, -0.2) is 175 Å². The average Bonchev–Trinajstić information content (AvgIpc) is 3.60. The third-order valence-electron chi connectivity index (χ3n) is 10.6. The number of guanidine groups is 1. The summed E-state index contributed by atoms with van der Waals surface area (Å²) in [7, 11) is 0. The molecule has 0 unspecified atom stereocenters. The molecule has 350 valence electrons. The minimum Gasteiger partial charge on any atom is -0.462 e. The molecular weight excluding hydrogens is 834 g/mol. The van der Waals surface area contributed by atoms with Gasteiger partial charge in [-0.2, -0.15) is 0 Å². The van der Waals surface area contributed by atoms with Crippen LogP contribution in [0.2, 0.25) is 0 Å². The molecule has 63 heavy (non-hydrogen) atoms. The number of ether oxygens (including phenoxy) is 5. The molecule has 1 aromatic rings. The van der Waals surface area contributed by atoms with Crippen LogP contribution in [0, 0.1) is 0 Å². The minimum atomic E-state index is -1.64. The van der Waals surface area contributed by atoms with Crippen molar-refractivity contribution in [2.75, 3.05) is 39.4 Å². The summed E-state index contributed by atoms with van der Waals surface area (Å²) >= 11 is 0. The van der Waals surface area contributed by atoms with Crippen LogP contribution < -0.4 is 65.3 Å². The molecule has 13 atom stereocenters. The van der Waals surface area contributed by atoms with Gasteiger partial charge in [0.25, 0.3) is 0 Å². The maximum Gasteiger partial charge on any atom is 0.326 e. The second kappa shape index (κ2) is 22.7. The number of nitrogens with two attached hydrogens (primary N) is 5. The second-order valence-corrected chi connectivity index (χ2v) is 15.2. The van der Waals surface area contributed by atoms with Crippen LogP contribution in [0.4, 0.5) is 19.2 Å². The van der Waals surface area contributed by atoms with Crippen LogP contribution in [0.15, 0.2) is 35.3 Å². The number of urea groups is 4. The third-order valence-corrected chi connectivity index (χ3v) is 10.6. The molecule has 26 heteroatoms. The largest absolute Gasteiger partial charge is 0.462 e. The number of primary amides is 2. The van der Waals surface area contributed by atoms with Crippen LogP contribution in [0.25, 0.3) is 6.08 Å². The van der Waals surface area contributed by atoms with Crippen molar-refractivity contribution in [3.63, 3.8) is 0 Å². The van der Waals surface area contributed by atoms with Crippen molar-refractivity contribution >= 4 is 42.1 Å². The predicted octanol–water partition coefficient (Wildman–Crippen LogP) is -4.97. The van der Waals surface area contributed by atoms with Gasteiger partial charge >= 0.3 is 24.1 Å². The maximum atomic E-state index is 13.4. The molecule has 4 saturated heterocycles. The van der Waals surface area contributed by atoms with Gasteiger partial charge in [-0.15, -0.1) is 0 Å². The lowest BCUT2D eigenvalue weighted by Gasteiger charge is -2.44. The number of nitrogens with one attached hydrogen (secondary N) is 6. The van der Waals surface area contributed by atoms with E-state index in [1.807, 2.05) is 0 Å². The zero-order chi connectivity index (χ0) is 45.8. The standard InChI is InChI=1S/C37H59N13O13/c1-17-23(29(54)26(45-33(39)40)31(61-17)62-19-8-5-18(6-9-19)7-10-22(52)44-14-4-13-43-12-3-2-11-38)47-36(57)49-30-25(46-34(41)55)28(53)21(16-59-30)63-32-27-24(20(51)15-60-32)48-37(58)50(27)35(42)56/h5-10,17,20-21,23-32,43,51,53-54H,2-4,11-16,38H2,1H3,(H2,42,56)(H,44,52)(H,48,58)(H4,39,40,45)(H3,41,46,55)(H2,47,49,57)/b10-7+/t17-,20-,21-,23-,24+,25-,26-,27-,28+,29+,30+,31-,32+/m1/s1. The van der Waals surface area contributed by atoms with Crippen molar-refractivity contribution in [1.29, 1.82) is 0 Å².